The van der Waals surface area contributed by atoms with Crippen molar-refractivity contribution in [2.24, 2.45) is 5.41 Å². The molecule has 0 fully saturated rings. The number of ether oxygens (including phenoxy) is 1. The number of rotatable bonds is 9. The summed E-state index contributed by atoms with van der Waals surface area (Å²) in [5.41, 5.74) is -0.939. The molecule has 0 radical (unpaired) electrons. The van der Waals surface area contributed by atoms with E-state index in [1.807, 2.05) is 6.92 Å². The number of carboxylic acid groups (broad SMARTS) is 1. The summed E-state index contributed by atoms with van der Waals surface area (Å²) in [6.07, 6.45) is -3.14. The summed E-state index contributed by atoms with van der Waals surface area (Å²) in [5.74, 6) is -1.64. The van der Waals surface area contributed by atoms with Crippen molar-refractivity contribution in [3.05, 3.63) is 76.3 Å². The molecule has 5 nitrogen and oxygen atoms in total. The first-order valence-corrected chi connectivity index (χ1v) is 11.8. The lowest BCUT2D eigenvalue weighted by molar-refractivity contribution is -0.142. The molecule has 3 aromatic carbocycles. The van der Waals surface area contributed by atoms with Crippen molar-refractivity contribution in [2.75, 3.05) is 0 Å². The van der Waals surface area contributed by atoms with Crippen molar-refractivity contribution in [3.63, 3.8) is 0 Å². The van der Waals surface area contributed by atoms with Gasteiger partial charge in [-0.2, -0.15) is 13.2 Å². The number of benzene rings is 3. The van der Waals surface area contributed by atoms with Gasteiger partial charge in [-0.1, -0.05) is 63.1 Å². The smallest absolute Gasteiger partial charge is 0.416 e. The maximum absolute atomic E-state index is 13.3. The highest BCUT2D eigenvalue weighted by atomic mass is 35.5. The van der Waals surface area contributed by atoms with Gasteiger partial charge in [-0.25, -0.2) is 4.79 Å². The van der Waals surface area contributed by atoms with E-state index in [-0.39, 0.29) is 17.9 Å². The first kappa shape index (κ1) is 27.3. The van der Waals surface area contributed by atoms with E-state index < -0.39 is 35.1 Å². The van der Waals surface area contributed by atoms with E-state index in [0.717, 1.165) is 23.9 Å². The molecule has 0 saturated heterocycles. The van der Waals surface area contributed by atoms with Crippen LogP contribution < -0.4 is 10.1 Å². The number of nitrogens with one attached hydrogen (secondary N) is 1. The summed E-state index contributed by atoms with van der Waals surface area (Å²) in [4.78, 5) is 25.3. The minimum Gasteiger partial charge on any atom is -0.487 e. The molecular formula is C27H27ClF3NO4. The highest BCUT2D eigenvalue weighted by molar-refractivity contribution is 6.31. The van der Waals surface area contributed by atoms with Crippen LogP contribution in [-0.4, -0.2) is 23.0 Å². The Morgan fingerprint density at radius 3 is 2.28 bits per heavy atom. The number of hydrogen-bond acceptors (Lipinski definition) is 3. The first-order chi connectivity index (χ1) is 16.8. The van der Waals surface area contributed by atoms with Crippen LogP contribution in [0.15, 0.2) is 54.6 Å². The fourth-order valence-corrected chi connectivity index (χ4v) is 4.31. The quantitative estimate of drug-likeness (QED) is 0.315. The van der Waals surface area contributed by atoms with E-state index in [4.69, 9.17) is 16.3 Å². The maximum atomic E-state index is 13.3. The van der Waals surface area contributed by atoms with Crippen LogP contribution in [0.3, 0.4) is 0 Å². The van der Waals surface area contributed by atoms with Crippen molar-refractivity contribution in [1.29, 1.82) is 0 Å². The fourth-order valence-electron chi connectivity index (χ4n) is 4.13. The monoisotopic (exact) mass is 521 g/mol. The van der Waals surface area contributed by atoms with E-state index in [9.17, 15) is 27.9 Å². The highest BCUT2D eigenvalue weighted by Gasteiger charge is 2.36. The molecule has 1 amide bonds. The second-order valence-corrected chi connectivity index (χ2v) is 9.71. The molecule has 9 heteroatoms. The Labute approximate surface area is 212 Å². The molecule has 0 aliphatic rings. The summed E-state index contributed by atoms with van der Waals surface area (Å²) >= 11 is 6.18. The molecule has 0 spiro atoms. The molecule has 3 aromatic rings. The predicted molar refractivity (Wildman–Crippen MR) is 132 cm³/mol. The van der Waals surface area contributed by atoms with Gasteiger partial charge in [-0.05, 0) is 53.1 Å². The van der Waals surface area contributed by atoms with Gasteiger partial charge >= 0.3 is 12.1 Å². The summed E-state index contributed by atoms with van der Waals surface area (Å²) < 4.78 is 44.6. The third-order valence-corrected chi connectivity index (χ3v) is 6.28. The Hall–Kier alpha value is -3.26. The molecule has 0 saturated carbocycles. The molecule has 0 aliphatic carbocycles. The van der Waals surface area contributed by atoms with Crippen LogP contribution in [0.5, 0.6) is 5.75 Å². The lowest BCUT2D eigenvalue weighted by Crippen LogP contribution is -2.50. The van der Waals surface area contributed by atoms with E-state index in [0.29, 0.717) is 22.4 Å². The van der Waals surface area contributed by atoms with Crippen LogP contribution in [0.2, 0.25) is 5.02 Å². The zero-order valence-corrected chi connectivity index (χ0v) is 20.8. The van der Waals surface area contributed by atoms with Gasteiger partial charge in [0.15, 0.2) is 0 Å². The topological polar surface area (TPSA) is 75.6 Å². The molecule has 192 valence electrons. The van der Waals surface area contributed by atoms with E-state index in [1.165, 1.54) is 18.2 Å². The molecule has 0 unspecified atom stereocenters. The predicted octanol–water partition coefficient (Wildman–Crippen LogP) is 7.10. The SMILES string of the molecule is CCCC(C)(C)[C@H](NC(=O)c1ccc2ccc(Cl)cc2c1OCc1ccc(C(F)(F)F)cc1)C(=O)O. The summed E-state index contributed by atoms with van der Waals surface area (Å²) in [7, 11) is 0. The van der Waals surface area contributed by atoms with Gasteiger partial charge in [-0.15, -0.1) is 0 Å². The van der Waals surface area contributed by atoms with Gasteiger partial charge in [0, 0.05) is 10.4 Å². The minimum absolute atomic E-state index is 0.0928. The van der Waals surface area contributed by atoms with Crippen molar-refractivity contribution in [3.8, 4) is 5.75 Å². The average molecular weight is 522 g/mol. The Kier molecular flexibility index (Phi) is 8.19. The lowest BCUT2D eigenvalue weighted by atomic mass is 9.80. The third-order valence-electron chi connectivity index (χ3n) is 6.04. The molecule has 0 aromatic heterocycles. The fraction of sp³-hybridized carbons (Fsp3) is 0.333. The van der Waals surface area contributed by atoms with Gasteiger partial charge < -0.3 is 15.2 Å². The van der Waals surface area contributed by atoms with E-state index in [2.05, 4.69) is 5.32 Å². The van der Waals surface area contributed by atoms with Gasteiger partial charge in [-0.3, -0.25) is 4.79 Å². The number of halogens is 4. The largest absolute Gasteiger partial charge is 0.487 e. The molecule has 3 rings (SSSR count). The Balaban J connectivity index is 1.97. The Morgan fingerprint density at radius 1 is 1.06 bits per heavy atom. The Bertz CT molecular complexity index is 1260. The lowest BCUT2D eigenvalue weighted by Gasteiger charge is -2.32. The number of carboxylic acids is 1. The molecule has 0 bridgehead atoms. The van der Waals surface area contributed by atoms with Crippen molar-refractivity contribution in [2.45, 2.75) is 52.4 Å². The van der Waals surface area contributed by atoms with Crippen LogP contribution in [0, 0.1) is 5.41 Å². The van der Waals surface area contributed by atoms with Crippen LogP contribution in [0.4, 0.5) is 13.2 Å². The molecule has 36 heavy (non-hydrogen) atoms. The second kappa shape index (κ2) is 10.8. The number of fused-ring (bicyclic) bond motifs is 1. The van der Waals surface area contributed by atoms with Crippen LogP contribution in [0.25, 0.3) is 10.8 Å². The zero-order chi connectivity index (χ0) is 26.7. The number of aliphatic carboxylic acids is 1. The van der Waals surface area contributed by atoms with Gasteiger partial charge in [0.2, 0.25) is 0 Å². The van der Waals surface area contributed by atoms with Crippen molar-refractivity contribution < 1.29 is 32.6 Å². The van der Waals surface area contributed by atoms with Gasteiger partial charge in [0.25, 0.3) is 5.91 Å². The molecular weight excluding hydrogens is 495 g/mol. The zero-order valence-electron chi connectivity index (χ0n) is 20.1. The average Bonchev–Trinajstić information content (AvgIpc) is 2.80. The number of carbonyl (C=O) groups excluding carboxylic acids is 1. The van der Waals surface area contributed by atoms with Crippen molar-refractivity contribution in [1.82, 2.24) is 5.32 Å². The summed E-state index contributed by atoms with van der Waals surface area (Å²) in [5, 5.41) is 14.1. The summed E-state index contributed by atoms with van der Waals surface area (Å²) in [6.45, 7) is 5.37. The second-order valence-electron chi connectivity index (χ2n) is 9.27. The normalized spacial score (nSPS) is 12.9. The first-order valence-electron chi connectivity index (χ1n) is 11.4. The van der Waals surface area contributed by atoms with Crippen LogP contribution in [0.1, 0.15) is 55.1 Å². The number of alkyl halides is 3. The number of amides is 1. The summed E-state index contributed by atoms with van der Waals surface area (Å²) in [6, 6.07) is 11.6. The van der Waals surface area contributed by atoms with Crippen LogP contribution in [-0.2, 0) is 17.6 Å². The standard InChI is InChI=1S/C27H27ClF3NO4/c1-4-13-26(2,3)23(25(34)35)32-24(33)20-12-8-17-7-11-19(28)14-21(17)22(20)36-15-16-5-9-18(10-6-16)27(29,30)31/h5-12,14,23H,4,13,15H2,1-3H3,(H,32,33)(H,34,35)/t23-/m1/s1. The molecule has 0 aliphatic heterocycles. The molecule has 0 heterocycles. The molecule has 2 N–H and O–H groups in total. The van der Waals surface area contributed by atoms with Gasteiger partial charge in [0.05, 0.1) is 11.1 Å². The van der Waals surface area contributed by atoms with Gasteiger partial charge in [0.1, 0.15) is 18.4 Å². The van der Waals surface area contributed by atoms with Crippen LogP contribution >= 0.6 is 11.6 Å². The third kappa shape index (κ3) is 6.29. The maximum Gasteiger partial charge on any atom is 0.416 e. The Morgan fingerprint density at radius 2 is 1.69 bits per heavy atom. The minimum atomic E-state index is -4.46. The van der Waals surface area contributed by atoms with Crippen molar-refractivity contribution >= 4 is 34.2 Å². The highest BCUT2D eigenvalue weighted by Crippen LogP contribution is 2.34. The molecule has 1 atom stereocenters. The number of hydrogen-bond donors (Lipinski definition) is 2. The van der Waals surface area contributed by atoms with E-state index in [1.54, 1.807) is 38.1 Å². The number of carbonyl (C=O) groups is 2. The van der Waals surface area contributed by atoms with E-state index >= 15 is 0 Å².